The van der Waals surface area contributed by atoms with Crippen molar-refractivity contribution in [3.05, 3.63) is 0 Å². The van der Waals surface area contributed by atoms with Gasteiger partial charge in [-0.05, 0) is 0 Å². The summed E-state index contributed by atoms with van der Waals surface area (Å²) >= 11 is 0. The van der Waals surface area contributed by atoms with Crippen LogP contribution in [0.15, 0.2) is 0 Å². The SMILES string of the molecule is CO[C@@H]1OC(C=O)[C@@H](O)[C@H](O[C@@H]2OC(C(=O)O)[C@@H](OC)[C@H](O)C2O)C1NC(C)=O. The molecule has 4 unspecified atom stereocenters. The number of carboxylic acid groups (broad SMARTS) is 1. The Bertz CT molecular complexity index is 602. The standard InChI is InChI=1S/C16H25NO12/c1-5(19)17-7-11(8(20)6(4-18)27-15(7)26-3)28-16-10(22)9(21)12(25-2)13(29-16)14(23)24/h4,6-13,15-16,20-22H,1-3H3,(H,17,19)(H,23,24)/t6?,7?,8-,9-,10?,11-,12+,13?,15-,16-/m1/s1. The molecule has 0 spiro atoms. The Morgan fingerprint density at radius 1 is 0.966 bits per heavy atom. The van der Waals surface area contributed by atoms with Gasteiger partial charge >= 0.3 is 5.97 Å². The van der Waals surface area contributed by atoms with Crippen LogP contribution in [0.25, 0.3) is 0 Å². The number of ether oxygens (including phenoxy) is 5. The minimum atomic E-state index is -1.76. The Hall–Kier alpha value is -1.71. The van der Waals surface area contributed by atoms with Crippen molar-refractivity contribution in [2.45, 2.75) is 68.3 Å². The van der Waals surface area contributed by atoms with Crippen LogP contribution in [0.3, 0.4) is 0 Å². The van der Waals surface area contributed by atoms with Gasteiger partial charge in [0.15, 0.2) is 25.0 Å². The minimum Gasteiger partial charge on any atom is -0.479 e. The van der Waals surface area contributed by atoms with Crippen molar-refractivity contribution in [3.8, 4) is 0 Å². The number of nitrogens with one attached hydrogen (secondary N) is 1. The average molecular weight is 423 g/mol. The molecular formula is C16H25NO12. The Balaban J connectivity index is 2.31. The highest BCUT2D eigenvalue weighted by atomic mass is 16.7. The fraction of sp³-hybridized carbons (Fsp3) is 0.812. The van der Waals surface area contributed by atoms with E-state index in [1.807, 2.05) is 0 Å². The van der Waals surface area contributed by atoms with Gasteiger partial charge in [0, 0.05) is 21.1 Å². The maximum Gasteiger partial charge on any atom is 0.335 e. The highest BCUT2D eigenvalue weighted by Gasteiger charge is 2.53. The summed E-state index contributed by atoms with van der Waals surface area (Å²) < 4.78 is 26.0. The van der Waals surface area contributed by atoms with Crippen molar-refractivity contribution in [1.82, 2.24) is 5.32 Å². The molecule has 0 bridgehead atoms. The van der Waals surface area contributed by atoms with Gasteiger partial charge in [0.25, 0.3) is 0 Å². The van der Waals surface area contributed by atoms with Crippen LogP contribution in [-0.4, -0.2) is 114 Å². The van der Waals surface area contributed by atoms with Gasteiger partial charge in [0.05, 0.1) is 0 Å². The summed E-state index contributed by atoms with van der Waals surface area (Å²) in [5.41, 5.74) is 0. The van der Waals surface area contributed by atoms with Crippen LogP contribution >= 0.6 is 0 Å². The molecule has 13 heteroatoms. The molecule has 2 saturated heterocycles. The zero-order valence-corrected chi connectivity index (χ0v) is 15.9. The largest absolute Gasteiger partial charge is 0.479 e. The smallest absolute Gasteiger partial charge is 0.335 e. The van der Waals surface area contributed by atoms with E-state index < -0.39 is 73.2 Å². The van der Waals surface area contributed by atoms with Crippen LogP contribution < -0.4 is 5.32 Å². The average Bonchev–Trinajstić information content (AvgIpc) is 2.67. The first-order valence-corrected chi connectivity index (χ1v) is 8.67. The second kappa shape index (κ2) is 9.86. The third-order valence-electron chi connectivity index (χ3n) is 4.70. The number of carbonyl (C=O) groups is 3. The molecule has 2 aliphatic rings. The minimum absolute atomic E-state index is 0.297. The molecule has 2 rings (SSSR count). The lowest BCUT2D eigenvalue weighted by molar-refractivity contribution is -0.335. The molecule has 0 aliphatic carbocycles. The molecule has 0 saturated carbocycles. The number of aliphatic hydroxyl groups excluding tert-OH is 3. The number of aliphatic carboxylic acids is 1. The summed E-state index contributed by atoms with van der Waals surface area (Å²) in [7, 11) is 2.36. The normalized spacial score (nSPS) is 42.8. The van der Waals surface area contributed by atoms with Crippen molar-refractivity contribution in [3.63, 3.8) is 0 Å². The maximum absolute atomic E-state index is 11.6. The van der Waals surface area contributed by atoms with Crippen LogP contribution in [0.5, 0.6) is 0 Å². The fourth-order valence-electron chi connectivity index (χ4n) is 3.31. The second-order valence-corrected chi connectivity index (χ2v) is 6.60. The maximum atomic E-state index is 11.6. The first-order chi connectivity index (χ1) is 13.7. The van der Waals surface area contributed by atoms with Gasteiger partial charge < -0.3 is 54.2 Å². The molecule has 2 aliphatic heterocycles. The number of hydrogen-bond donors (Lipinski definition) is 5. The van der Waals surface area contributed by atoms with Crippen molar-refractivity contribution in [1.29, 1.82) is 0 Å². The van der Waals surface area contributed by atoms with Gasteiger partial charge in [0.1, 0.15) is 42.7 Å². The number of aliphatic hydroxyl groups is 3. The van der Waals surface area contributed by atoms with Gasteiger partial charge in [0.2, 0.25) is 5.91 Å². The number of hydrogen-bond acceptors (Lipinski definition) is 11. The summed E-state index contributed by atoms with van der Waals surface area (Å²) in [4.78, 5) is 34.2. The Kier molecular flexibility index (Phi) is 8.02. The van der Waals surface area contributed by atoms with Gasteiger partial charge in [-0.25, -0.2) is 4.79 Å². The second-order valence-electron chi connectivity index (χ2n) is 6.60. The Labute approximate surface area is 165 Å². The quantitative estimate of drug-likeness (QED) is 0.253. The van der Waals surface area contributed by atoms with E-state index in [0.29, 0.717) is 6.29 Å². The summed E-state index contributed by atoms with van der Waals surface area (Å²) in [5, 5.41) is 42.7. The number of aldehydes is 1. The molecular weight excluding hydrogens is 398 g/mol. The lowest BCUT2D eigenvalue weighted by Gasteiger charge is -2.46. The summed E-state index contributed by atoms with van der Waals surface area (Å²) in [6.45, 7) is 1.18. The molecule has 1 amide bonds. The van der Waals surface area contributed by atoms with E-state index in [0.717, 1.165) is 7.11 Å². The number of carbonyl (C=O) groups excluding carboxylic acids is 2. The van der Waals surface area contributed by atoms with Gasteiger partial charge in [-0.1, -0.05) is 0 Å². The van der Waals surface area contributed by atoms with Crippen molar-refractivity contribution < 1.29 is 58.5 Å². The molecule has 0 aromatic heterocycles. The third kappa shape index (κ3) is 4.90. The monoisotopic (exact) mass is 423 g/mol. The molecule has 2 fully saturated rings. The first-order valence-electron chi connectivity index (χ1n) is 8.67. The molecule has 2 heterocycles. The van der Waals surface area contributed by atoms with Crippen LogP contribution in [0.2, 0.25) is 0 Å². The lowest BCUT2D eigenvalue weighted by atomic mass is 9.95. The van der Waals surface area contributed by atoms with Gasteiger partial charge in [-0.15, -0.1) is 0 Å². The van der Waals surface area contributed by atoms with E-state index in [2.05, 4.69) is 5.32 Å². The molecule has 13 nitrogen and oxygen atoms in total. The van der Waals surface area contributed by atoms with E-state index in [1.165, 1.54) is 14.0 Å². The van der Waals surface area contributed by atoms with Crippen molar-refractivity contribution in [2.24, 2.45) is 0 Å². The van der Waals surface area contributed by atoms with Crippen LogP contribution in [0, 0.1) is 0 Å². The van der Waals surface area contributed by atoms with E-state index >= 15 is 0 Å². The predicted octanol–water partition coefficient (Wildman–Crippen LogP) is -3.65. The molecule has 29 heavy (non-hydrogen) atoms. The summed E-state index contributed by atoms with van der Waals surface area (Å²) in [6, 6.07) is -1.15. The van der Waals surface area contributed by atoms with Gasteiger partial charge in [-0.2, -0.15) is 0 Å². The van der Waals surface area contributed by atoms with E-state index in [4.69, 9.17) is 23.7 Å². The van der Waals surface area contributed by atoms with E-state index in [-0.39, 0.29) is 0 Å². The zero-order valence-electron chi connectivity index (χ0n) is 15.9. The molecule has 10 atom stereocenters. The van der Waals surface area contributed by atoms with E-state index in [1.54, 1.807) is 0 Å². The predicted molar refractivity (Wildman–Crippen MR) is 89.3 cm³/mol. The topological polar surface area (TPSA) is 190 Å². The molecule has 0 radical (unpaired) electrons. The molecule has 166 valence electrons. The molecule has 0 aromatic rings. The number of carboxylic acids is 1. The van der Waals surface area contributed by atoms with E-state index in [9.17, 15) is 34.8 Å². The number of amides is 1. The van der Waals surface area contributed by atoms with Crippen LogP contribution in [-0.2, 0) is 38.1 Å². The number of rotatable bonds is 7. The van der Waals surface area contributed by atoms with Crippen LogP contribution in [0.4, 0.5) is 0 Å². The summed E-state index contributed by atoms with van der Waals surface area (Å²) in [5.74, 6) is -2.03. The summed E-state index contributed by atoms with van der Waals surface area (Å²) in [6.07, 6.45) is -13.7. The highest BCUT2D eigenvalue weighted by Crippen LogP contribution is 2.30. The van der Waals surface area contributed by atoms with Crippen molar-refractivity contribution in [2.75, 3.05) is 14.2 Å². The van der Waals surface area contributed by atoms with Crippen LogP contribution in [0.1, 0.15) is 6.92 Å². The molecule has 5 N–H and O–H groups in total. The lowest BCUT2D eigenvalue weighted by Crippen LogP contribution is -2.68. The highest BCUT2D eigenvalue weighted by molar-refractivity contribution is 5.74. The van der Waals surface area contributed by atoms with Crippen molar-refractivity contribution >= 4 is 18.2 Å². The Morgan fingerprint density at radius 2 is 1.62 bits per heavy atom. The third-order valence-corrected chi connectivity index (χ3v) is 4.70. The zero-order chi connectivity index (χ0) is 21.9. The van der Waals surface area contributed by atoms with Gasteiger partial charge in [-0.3, -0.25) is 4.79 Å². The fourth-order valence-corrected chi connectivity index (χ4v) is 3.31. The first kappa shape index (κ1) is 23.6. The molecule has 0 aromatic carbocycles. The Morgan fingerprint density at radius 3 is 2.10 bits per heavy atom. The number of methoxy groups -OCH3 is 2.